The van der Waals surface area contributed by atoms with Gasteiger partial charge in [0, 0.05) is 4.92 Å². The predicted molar refractivity (Wildman–Crippen MR) is 82.2 cm³/mol. The van der Waals surface area contributed by atoms with Crippen LogP contribution in [0.1, 0.15) is 23.0 Å². The highest BCUT2D eigenvalue weighted by atomic mass is 16.6. The molecule has 5 heteroatoms. The summed E-state index contributed by atoms with van der Waals surface area (Å²) in [6.45, 7) is -0.335. The lowest BCUT2D eigenvalue weighted by atomic mass is 9.81. The van der Waals surface area contributed by atoms with Gasteiger partial charge in [-0.15, -0.1) is 0 Å². The van der Waals surface area contributed by atoms with Crippen LogP contribution in [0, 0.1) is 10.1 Å². The van der Waals surface area contributed by atoms with Crippen molar-refractivity contribution in [1.29, 1.82) is 0 Å². The van der Waals surface area contributed by atoms with Crippen LogP contribution in [0.3, 0.4) is 0 Å². The van der Waals surface area contributed by atoms with Crippen molar-refractivity contribution < 1.29 is 14.5 Å². The topological polar surface area (TPSA) is 69.4 Å². The second kappa shape index (κ2) is 7.36. The number of ether oxygens (including phenoxy) is 1. The Hall–Kier alpha value is -2.69. The second-order valence-electron chi connectivity index (χ2n) is 4.94. The first-order valence-corrected chi connectivity index (χ1v) is 6.93. The maximum absolute atomic E-state index is 12.3. The lowest BCUT2D eigenvalue weighted by Crippen LogP contribution is -2.27. The number of hydrogen-bond acceptors (Lipinski definition) is 4. The lowest BCUT2D eigenvalue weighted by Gasteiger charge is -2.23. The Kier molecular flexibility index (Phi) is 5.25. The van der Waals surface area contributed by atoms with Crippen LogP contribution in [0.15, 0.2) is 60.7 Å². The van der Waals surface area contributed by atoms with E-state index in [9.17, 15) is 14.9 Å². The van der Waals surface area contributed by atoms with Gasteiger partial charge in [-0.1, -0.05) is 60.7 Å². The van der Waals surface area contributed by atoms with Crippen LogP contribution in [-0.2, 0) is 9.53 Å². The maximum atomic E-state index is 12.3. The molecule has 2 atom stereocenters. The molecule has 114 valence electrons. The van der Waals surface area contributed by atoms with Gasteiger partial charge in [0.25, 0.3) is 0 Å². The van der Waals surface area contributed by atoms with Gasteiger partial charge in [-0.3, -0.25) is 14.9 Å². The van der Waals surface area contributed by atoms with E-state index in [0.717, 1.165) is 5.56 Å². The SMILES string of the molecule is COC(=O)C(c1ccccc1)C(C[N+](=O)[O-])c1ccccc1. The highest BCUT2D eigenvalue weighted by molar-refractivity contribution is 5.79. The molecular formula is C17H17NO4. The fourth-order valence-corrected chi connectivity index (χ4v) is 2.58. The van der Waals surface area contributed by atoms with Crippen molar-refractivity contribution in [1.82, 2.24) is 0 Å². The monoisotopic (exact) mass is 299 g/mol. The average molecular weight is 299 g/mol. The van der Waals surface area contributed by atoms with Crippen LogP contribution in [0.25, 0.3) is 0 Å². The van der Waals surface area contributed by atoms with E-state index in [1.807, 2.05) is 24.3 Å². The van der Waals surface area contributed by atoms with Gasteiger partial charge in [0.1, 0.15) is 0 Å². The Balaban J connectivity index is 2.48. The molecule has 5 nitrogen and oxygen atoms in total. The Labute approximate surface area is 128 Å². The van der Waals surface area contributed by atoms with Crippen molar-refractivity contribution in [2.75, 3.05) is 13.7 Å². The molecule has 0 fully saturated rings. The molecule has 2 rings (SSSR count). The summed E-state index contributed by atoms with van der Waals surface area (Å²) in [4.78, 5) is 23.0. The molecule has 0 saturated heterocycles. The van der Waals surface area contributed by atoms with Crippen molar-refractivity contribution in [3.05, 3.63) is 81.9 Å². The molecule has 2 unspecified atom stereocenters. The van der Waals surface area contributed by atoms with Gasteiger partial charge in [0.05, 0.1) is 18.9 Å². The first-order chi connectivity index (χ1) is 10.6. The molecule has 0 radical (unpaired) electrons. The maximum Gasteiger partial charge on any atom is 0.314 e. The van der Waals surface area contributed by atoms with E-state index in [1.54, 1.807) is 36.4 Å². The third-order valence-electron chi connectivity index (χ3n) is 3.59. The molecule has 0 aliphatic rings. The van der Waals surface area contributed by atoms with E-state index >= 15 is 0 Å². The van der Waals surface area contributed by atoms with Crippen LogP contribution in [0.2, 0.25) is 0 Å². The number of nitrogens with zero attached hydrogens (tertiary/aromatic N) is 1. The minimum absolute atomic E-state index is 0.335. The molecule has 0 aliphatic carbocycles. The smallest absolute Gasteiger partial charge is 0.314 e. The van der Waals surface area contributed by atoms with Gasteiger partial charge in [-0.2, -0.15) is 0 Å². The molecule has 0 heterocycles. The minimum atomic E-state index is -0.709. The molecule has 0 spiro atoms. The number of benzene rings is 2. The van der Waals surface area contributed by atoms with Crippen LogP contribution < -0.4 is 0 Å². The molecule has 0 amide bonds. The number of rotatable bonds is 6. The molecule has 22 heavy (non-hydrogen) atoms. The van der Waals surface area contributed by atoms with Gasteiger partial charge in [-0.05, 0) is 11.1 Å². The summed E-state index contributed by atoms with van der Waals surface area (Å²) in [5, 5.41) is 11.1. The van der Waals surface area contributed by atoms with Gasteiger partial charge < -0.3 is 4.74 Å². The van der Waals surface area contributed by atoms with Crippen molar-refractivity contribution in [3.63, 3.8) is 0 Å². The quantitative estimate of drug-likeness (QED) is 0.467. The molecule has 2 aromatic rings. The van der Waals surface area contributed by atoms with Crippen molar-refractivity contribution >= 4 is 5.97 Å². The first kappa shape index (κ1) is 15.7. The molecule has 0 bridgehead atoms. The van der Waals surface area contributed by atoms with E-state index in [0.29, 0.717) is 5.56 Å². The highest BCUT2D eigenvalue weighted by Gasteiger charge is 2.35. The van der Waals surface area contributed by atoms with Gasteiger partial charge in [0.2, 0.25) is 6.54 Å². The molecule has 2 aromatic carbocycles. The summed E-state index contributed by atoms with van der Waals surface area (Å²) < 4.78 is 4.89. The van der Waals surface area contributed by atoms with E-state index < -0.39 is 22.7 Å². The van der Waals surface area contributed by atoms with E-state index in [4.69, 9.17) is 4.74 Å². The van der Waals surface area contributed by atoms with Crippen molar-refractivity contribution in [3.8, 4) is 0 Å². The Morgan fingerprint density at radius 1 is 1.05 bits per heavy atom. The number of methoxy groups -OCH3 is 1. The summed E-state index contributed by atoms with van der Waals surface area (Å²) in [5.74, 6) is -1.76. The third kappa shape index (κ3) is 3.69. The lowest BCUT2D eigenvalue weighted by molar-refractivity contribution is -0.483. The minimum Gasteiger partial charge on any atom is -0.469 e. The zero-order chi connectivity index (χ0) is 15.9. The summed E-state index contributed by atoms with van der Waals surface area (Å²) >= 11 is 0. The molecule has 0 saturated carbocycles. The number of carbonyl (C=O) groups excluding carboxylic acids is 1. The van der Waals surface area contributed by atoms with Crippen LogP contribution in [-0.4, -0.2) is 24.5 Å². The fourth-order valence-electron chi connectivity index (χ4n) is 2.58. The zero-order valence-corrected chi connectivity index (χ0v) is 12.2. The summed E-state index contributed by atoms with van der Waals surface area (Å²) in [6, 6.07) is 18.1. The molecule has 0 N–H and O–H groups in total. The van der Waals surface area contributed by atoms with E-state index in [1.165, 1.54) is 7.11 Å². The standard InChI is InChI=1S/C17H17NO4/c1-22-17(19)16(14-10-6-3-7-11-14)15(12-18(20)21)13-8-4-2-5-9-13/h2-11,15-16H,12H2,1H3. The average Bonchev–Trinajstić information content (AvgIpc) is 2.55. The molecule has 0 aliphatic heterocycles. The molecule has 0 aromatic heterocycles. The summed E-state index contributed by atoms with van der Waals surface area (Å²) in [7, 11) is 1.30. The fraction of sp³-hybridized carbons (Fsp3) is 0.235. The van der Waals surface area contributed by atoms with Gasteiger partial charge in [-0.25, -0.2) is 0 Å². The number of esters is 1. The predicted octanol–water partition coefficient (Wildman–Crippen LogP) is 3.00. The first-order valence-electron chi connectivity index (χ1n) is 6.93. The van der Waals surface area contributed by atoms with Crippen LogP contribution in [0.5, 0.6) is 0 Å². The van der Waals surface area contributed by atoms with Crippen LogP contribution >= 0.6 is 0 Å². The zero-order valence-electron chi connectivity index (χ0n) is 12.2. The second-order valence-corrected chi connectivity index (χ2v) is 4.94. The molecular weight excluding hydrogens is 282 g/mol. The number of nitro groups is 1. The third-order valence-corrected chi connectivity index (χ3v) is 3.59. The van der Waals surface area contributed by atoms with E-state index in [-0.39, 0.29) is 6.54 Å². The Morgan fingerprint density at radius 3 is 2.00 bits per heavy atom. The largest absolute Gasteiger partial charge is 0.469 e. The summed E-state index contributed by atoms with van der Waals surface area (Å²) in [6.07, 6.45) is 0. The Morgan fingerprint density at radius 2 is 1.55 bits per heavy atom. The van der Waals surface area contributed by atoms with Gasteiger partial charge >= 0.3 is 5.97 Å². The van der Waals surface area contributed by atoms with E-state index in [2.05, 4.69) is 0 Å². The normalized spacial score (nSPS) is 13.1. The van der Waals surface area contributed by atoms with Crippen LogP contribution in [0.4, 0.5) is 0 Å². The summed E-state index contributed by atoms with van der Waals surface area (Å²) in [5.41, 5.74) is 1.46. The highest BCUT2D eigenvalue weighted by Crippen LogP contribution is 2.34. The number of hydrogen-bond donors (Lipinski definition) is 0. The van der Waals surface area contributed by atoms with Crippen molar-refractivity contribution in [2.24, 2.45) is 0 Å². The van der Waals surface area contributed by atoms with Crippen molar-refractivity contribution in [2.45, 2.75) is 11.8 Å². The Bertz CT molecular complexity index is 628. The van der Waals surface area contributed by atoms with Gasteiger partial charge in [0.15, 0.2) is 0 Å². The number of carbonyl (C=O) groups is 1.